The summed E-state index contributed by atoms with van der Waals surface area (Å²) >= 11 is 0. The Morgan fingerprint density at radius 2 is 1.66 bits per heavy atom. The first-order valence-electron chi connectivity index (χ1n) is 9.32. The Kier molecular flexibility index (Phi) is 7.53. The lowest BCUT2D eigenvalue weighted by Crippen LogP contribution is -2.45. The molecule has 2 N–H and O–H groups in total. The number of hydrogen-bond acceptors (Lipinski definition) is 6. The Morgan fingerprint density at radius 1 is 1.03 bits per heavy atom. The highest BCUT2D eigenvalue weighted by Crippen LogP contribution is 2.34. The van der Waals surface area contributed by atoms with Gasteiger partial charge in [0.1, 0.15) is 0 Å². The molecule has 3 aliphatic heterocycles. The van der Waals surface area contributed by atoms with Gasteiger partial charge < -0.3 is 15.5 Å². The van der Waals surface area contributed by atoms with Crippen molar-refractivity contribution in [3.63, 3.8) is 0 Å². The van der Waals surface area contributed by atoms with Crippen LogP contribution >= 0.6 is 24.8 Å². The molecule has 1 aromatic heterocycles. The molecule has 3 saturated heterocycles. The lowest BCUT2D eigenvalue weighted by Gasteiger charge is -2.33. The molecule has 4 rings (SSSR count). The molecule has 0 unspecified atom stereocenters. The number of aromatic nitrogens is 1. The number of rotatable bonds is 2. The van der Waals surface area contributed by atoms with Crippen LogP contribution in [0.5, 0.6) is 0 Å². The van der Waals surface area contributed by atoms with Crippen LogP contribution in [0.2, 0.25) is 0 Å². The van der Waals surface area contributed by atoms with Crippen molar-refractivity contribution in [2.45, 2.75) is 24.1 Å². The predicted molar refractivity (Wildman–Crippen MR) is 113 cm³/mol. The summed E-state index contributed by atoms with van der Waals surface area (Å²) in [6.07, 6.45) is 4.37. The summed E-state index contributed by atoms with van der Waals surface area (Å²) in [4.78, 5) is 32.7. The van der Waals surface area contributed by atoms with Crippen molar-refractivity contribution in [3.05, 3.63) is 30.1 Å². The van der Waals surface area contributed by atoms with Gasteiger partial charge in [-0.1, -0.05) is 0 Å². The van der Waals surface area contributed by atoms with Gasteiger partial charge in [-0.3, -0.25) is 14.6 Å². The van der Waals surface area contributed by atoms with Gasteiger partial charge in [-0.2, -0.15) is 0 Å². The van der Waals surface area contributed by atoms with E-state index in [9.17, 15) is 18.0 Å². The first kappa shape index (κ1) is 23.9. The van der Waals surface area contributed by atoms with Crippen molar-refractivity contribution in [2.24, 2.45) is 17.6 Å². The second-order valence-corrected chi connectivity index (χ2v) is 10.0. The van der Waals surface area contributed by atoms with Gasteiger partial charge in [0.2, 0.25) is 5.91 Å². The van der Waals surface area contributed by atoms with Crippen LogP contribution in [0.15, 0.2) is 24.5 Å². The zero-order valence-corrected chi connectivity index (χ0v) is 18.3. The third kappa shape index (κ3) is 4.52. The minimum absolute atomic E-state index is 0. The summed E-state index contributed by atoms with van der Waals surface area (Å²) in [6.45, 7) is 1.74. The normalized spacial score (nSPS) is 28.2. The molecular weight excluding hydrogens is 439 g/mol. The maximum atomic E-state index is 12.9. The van der Waals surface area contributed by atoms with Gasteiger partial charge in [-0.05, 0) is 25.0 Å². The number of hydrogen-bond donors (Lipinski definition) is 1. The molecular formula is C18H26Cl2N4O4S. The van der Waals surface area contributed by atoms with E-state index >= 15 is 0 Å². The number of sulfone groups is 1. The van der Waals surface area contributed by atoms with Gasteiger partial charge in [0.05, 0.1) is 11.0 Å². The lowest BCUT2D eigenvalue weighted by molar-refractivity contribution is -0.136. The van der Waals surface area contributed by atoms with E-state index in [4.69, 9.17) is 5.73 Å². The third-order valence-corrected chi connectivity index (χ3v) is 8.39. The molecule has 0 aromatic carbocycles. The molecule has 0 radical (unpaired) electrons. The number of nitrogens with zero attached hydrogens (tertiary/aromatic N) is 3. The molecule has 0 saturated carbocycles. The number of amides is 2. The molecule has 2 amide bonds. The number of pyridine rings is 1. The van der Waals surface area contributed by atoms with Crippen LogP contribution in [0.4, 0.5) is 0 Å². The number of nitrogens with two attached hydrogens (primary N) is 1. The van der Waals surface area contributed by atoms with Crippen LogP contribution in [-0.4, -0.2) is 78.2 Å². The topological polar surface area (TPSA) is 114 Å². The van der Waals surface area contributed by atoms with Crippen LogP contribution in [0.25, 0.3) is 0 Å². The van der Waals surface area contributed by atoms with E-state index in [-0.39, 0.29) is 66.8 Å². The molecule has 1 aromatic rings. The van der Waals surface area contributed by atoms with E-state index in [1.807, 2.05) is 0 Å². The molecule has 0 spiro atoms. The summed E-state index contributed by atoms with van der Waals surface area (Å²) in [5.74, 6) is -0.324. The highest BCUT2D eigenvalue weighted by molar-refractivity contribution is 7.92. The largest absolute Gasteiger partial charge is 0.341 e. The summed E-state index contributed by atoms with van der Waals surface area (Å²) in [5.41, 5.74) is 6.58. The zero-order valence-electron chi connectivity index (χ0n) is 15.8. The monoisotopic (exact) mass is 464 g/mol. The second kappa shape index (κ2) is 9.16. The van der Waals surface area contributed by atoms with Crippen LogP contribution in [0.1, 0.15) is 23.2 Å². The number of likely N-dealkylation sites (tertiary alicyclic amines) is 2. The van der Waals surface area contributed by atoms with Gasteiger partial charge in [0.15, 0.2) is 9.84 Å². The second-order valence-electron chi connectivity index (χ2n) is 7.74. The van der Waals surface area contributed by atoms with Crippen molar-refractivity contribution in [3.8, 4) is 0 Å². The van der Waals surface area contributed by atoms with E-state index < -0.39 is 15.1 Å². The van der Waals surface area contributed by atoms with Crippen molar-refractivity contribution in [1.29, 1.82) is 0 Å². The first-order chi connectivity index (χ1) is 12.9. The average Bonchev–Trinajstić information content (AvgIpc) is 3.21. The highest BCUT2D eigenvalue weighted by Gasteiger charge is 2.52. The van der Waals surface area contributed by atoms with Gasteiger partial charge in [-0.15, -0.1) is 24.8 Å². The Balaban J connectivity index is 0.00000150. The van der Waals surface area contributed by atoms with E-state index in [2.05, 4.69) is 4.98 Å². The fourth-order valence-electron chi connectivity index (χ4n) is 4.55. The molecule has 4 heterocycles. The fraction of sp³-hybridized carbons (Fsp3) is 0.611. The Hall–Kier alpha value is -1.42. The van der Waals surface area contributed by atoms with E-state index in [0.717, 1.165) is 0 Å². The molecule has 3 aliphatic rings. The number of carbonyl (C=O) groups excluding carboxylic acids is 2. The molecule has 8 nitrogen and oxygen atoms in total. The number of carbonyl (C=O) groups is 2. The molecule has 11 heteroatoms. The maximum Gasteiger partial charge on any atom is 0.253 e. The Labute approximate surface area is 182 Å². The maximum absolute atomic E-state index is 12.9. The summed E-state index contributed by atoms with van der Waals surface area (Å²) in [6, 6.07) is 3.00. The lowest BCUT2D eigenvalue weighted by atomic mass is 9.94. The average molecular weight is 465 g/mol. The molecule has 0 aliphatic carbocycles. The van der Waals surface area contributed by atoms with E-state index in [1.165, 1.54) is 0 Å². The van der Waals surface area contributed by atoms with E-state index in [0.29, 0.717) is 38.0 Å². The summed E-state index contributed by atoms with van der Waals surface area (Å²) in [5, 5.41) is -0.509. The first-order valence-corrected chi connectivity index (χ1v) is 11.0. The van der Waals surface area contributed by atoms with Gasteiger partial charge in [0, 0.05) is 62.0 Å². The summed E-state index contributed by atoms with van der Waals surface area (Å²) < 4.78 is 24.4. The molecule has 162 valence electrons. The smallest absolute Gasteiger partial charge is 0.253 e. The number of halogens is 2. The standard InChI is InChI=1S/C18H24N4O4S.2ClH/c19-15-11-27(25,26)16-10-22(9-14(15)16)18(24)13-3-7-21(8-4-13)17(23)12-1-5-20-6-2-12;;/h1-2,5-6,13-16H,3-4,7-11,19H2;2*1H/t14-,15+,16-;;/m0../s1. The number of fused-ring (bicyclic) bond motifs is 1. The summed E-state index contributed by atoms with van der Waals surface area (Å²) in [7, 11) is -3.20. The van der Waals surface area contributed by atoms with Crippen LogP contribution < -0.4 is 5.73 Å². The molecule has 3 atom stereocenters. The van der Waals surface area contributed by atoms with Gasteiger partial charge in [0.25, 0.3) is 5.91 Å². The SMILES string of the molecule is Cl.Cl.N[C@@H]1CS(=O)(=O)[C@H]2CN(C(=O)C3CCN(C(=O)c4ccncc4)CC3)C[C@@H]12. The van der Waals surface area contributed by atoms with Crippen LogP contribution in [0.3, 0.4) is 0 Å². The zero-order chi connectivity index (χ0) is 19.2. The predicted octanol–water partition coefficient (Wildman–Crippen LogP) is 0.360. The minimum atomic E-state index is -3.20. The Bertz CT molecular complexity index is 847. The van der Waals surface area contributed by atoms with E-state index in [1.54, 1.807) is 34.3 Å². The quantitative estimate of drug-likeness (QED) is 0.675. The Morgan fingerprint density at radius 3 is 2.24 bits per heavy atom. The van der Waals surface area contributed by atoms with Crippen molar-refractivity contribution >= 4 is 46.5 Å². The van der Waals surface area contributed by atoms with Gasteiger partial charge >= 0.3 is 0 Å². The van der Waals surface area contributed by atoms with Gasteiger partial charge in [-0.25, -0.2) is 8.42 Å². The van der Waals surface area contributed by atoms with Crippen LogP contribution in [0, 0.1) is 11.8 Å². The molecule has 3 fully saturated rings. The highest BCUT2D eigenvalue weighted by atomic mass is 35.5. The van der Waals surface area contributed by atoms with Crippen molar-refractivity contribution in [2.75, 3.05) is 31.9 Å². The number of piperidine rings is 1. The van der Waals surface area contributed by atoms with Crippen molar-refractivity contribution in [1.82, 2.24) is 14.8 Å². The van der Waals surface area contributed by atoms with Crippen molar-refractivity contribution < 1.29 is 18.0 Å². The molecule has 0 bridgehead atoms. The third-order valence-electron chi connectivity index (χ3n) is 6.12. The minimum Gasteiger partial charge on any atom is -0.341 e. The van der Waals surface area contributed by atoms with Crippen LogP contribution in [-0.2, 0) is 14.6 Å². The fourth-order valence-corrected chi connectivity index (χ4v) is 6.81. The molecule has 29 heavy (non-hydrogen) atoms.